The van der Waals surface area contributed by atoms with E-state index in [1.807, 2.05) is 18.2 Å². The van der Waals surface area contributed by atoms with Crippen molar-refractivity contribution in [3.8, 4) is 0 Å². The quantitative estimate of drug-likeness (QED) is 0.645. The zero-order valence-corrected chi connectivity index (χ0v) is 9.37. The van der Waals surface area contributed by atoms with Gasteiger partial charge in [0.2, 0.25) is 0 Å². The molecule has 1 heteroatoms. The molecule has 2 aromatic rings. The van der Waals surface area contributed by atoms with E-state index in [0.29, 0.717) is 0 Å². The summed E-state index contributed by atoms with van der Waals surface area (Å²) >= 11 is 0. The number of aryl methyl sites for hydroxylation is 2. The van der Waals surface area contributed by atoms with Gasteiger partial charge in [0.25, 0.3) is 0 Å². The first-order valence-corrected chi connectivity index (χ1v) is 5.44. The van der Waals surface area contributed by atoms with Gasteiger partial charge in [-0.25, -0.2) is 0 Å². The Labute approximate surface area is 94.4 Å². The molecular formula is C15H12O. The Morgan fingerprint density at radius 2 is 1.88 bits per heavy atom. The van der Waals surface area contributed by atoms with E-state index in [0.717, 1.165) is 16.5 Å². The number of hydrogen-bond acceptors (Lipinski definition) is 1. The van der Waals surface area contributed by atoms with Crippen molar-refractivity contribution in [3.63, 3.8) is 0 Å². The summed E-state index contributed by atoms with van der Waals surface area (Å²) in [6, 6.07) is 8.21. The van der Waals surface area contributed by atoms with Crippen LogP contribution in [0.1, 0.15) is 27.0 Å². The number of benzene rings is 2. The van der Waals surface area contributed by atoms with Crippen LogP contribution < -0.4 is 0 Å². The predicted octanol–water partition coefficient (Wildman–Crippen LogP) is 3.67. The molecule has 0 radical (unpaired) electrons. The first-order valence-electron chi connectivity index (χ1n) is 5.44. The van der Waals surface area contributed by atoms with E-state index in [9.17, 15) is 4.79 Å². The van der Waals surface area contributed by atoms with Crippen molar-refractivity contribution in [2.75, 3.05) is 0 Å². The monoisotopic (exact) mass is 208 g/mol. The Bertz CT molecular complexity index is 648. The fraction of sp³-hybridized carbons (Fsp3) is 0.133. The van der Waals surface area contributed by atoms with Crippen LogP contribution in [0, 0.1) is 13.8 Å². The molecular weight excluding hydrogens is 196 g/mol. The van der Waals surface area contributed by atoms with E-state index in [1.165, 1.54) is 16.5 Å². The highest BCUT2D eigenvalue weighted by molar-refractivity contribution is 6.20. The third kappa shape index (κ3) is 1.09. The van der Waals surface area contributed by atoms with Crippen molar-refractivity contribution in [1.82, 2.24) is 0 Å². The molecule has 0 spiro atoms. The molecule has 0 N–H and O–H groups in total. The molecule has 0 bridgehead atoms. The van der Waals surface area contributed by atoms with Crippen LogP contribution in [0.3, 0.4) is 0 Å². The van der Waals surface area contributed by atoms with Crippen molar-refractivity contribution < 1.29 is 4.79 Å². The van der Waals surface area contributed by atoms with Gasteiger partial charge in [0, 0.05) is 10.9 Å². The Morgan fingerprint density at radius 1 is 1.06 bits per heavy atom. The van der Waals surface area contributed by atoms with Crippen LogP contribution in [0.4, 0.5) is 0 Å². The maximum Gasteiger partial charge on any atom is 0.186 e. The largest absolute Gasteiger partial charge is 0.289 e. The smallest absolute Gasteiger partial charge is 0.186 e. The topological polar surface area (TPSA) is 17.1 Å². The summed E-state index contributed by atoms with van der Waals surface area (Å²) in [5.41, 5.74) is 4.44. The average molecular weight is 208 g/mol. The highest BCUT2D eigenvalue weighted by Crippen LogP contribution is 2.32. The van der Waals surface area contributed by atoms with Crippen molar-refractivity contribution in [2.24, 2.45) is 0 Å². The minimum Gasteiger partial charge on any atom is -0.289 e. The van der Waals surface area contributed by atoms with Crippen LogP contribution in [0.25, 0.3) is 16.8 Å². The van der Waals surface area contributed by atoms with Gasteiger partial charge in [0.1, 0.15) is 0 Å². The number of carbonyl (C=O) groups excluding carboxylic acids is 1. The zero-order valence-electron chi connectivity index (χ0n) is 9.37. The first kappa shape index (κ1) is 9.34. The standard InChI is InChI=1S/C15H12O/c1-9-8-13-14(16)7-6-11-4-3-5-12(10(9)2)15(11)13/h3-8H,1-2H3. The highest BCUT2D eigenvalue weighted by Gasteiger charge is 2.16. The lowest BCUT2D eigenvalue weighted by Crippen LogP contribution is -2.03. The normalized spacial score (nSPS) is 13.5. The van der Waals surface area contributed by atoms with Crippen LogP contribution in [-0.4, -0.2) is 5.78 Å². The van der Waals surface area contributed by atoms with Gasteiger partial charge in [-0.15, -0.1) is 0 Å². The maximum absolute atomic E-state index is 11.8. The third-order valence-corrected chi connectivity index (χ3v) is 3.40. The molecule has 1 aliphatic rings. The summed E-state index contributed by atoms with van der Waals surface area (Å²) < 4.78 is 0. The van der Waals surface area contributed by atoms with Crippen LogP contribution >= 0.6 is 0 Å². The molecule has 2 aromatic carbocycles. The van der Waals surface area contributed by atoms with Gasteiger partial charge in [-0.05, 0) is 48.1 Å². The van der Waals surface area contributed by atoms with Crippen LogP contribution in [-0.2, 0) is 0 Å². The molecule has 0 aliphatic heterocycles. The summed E-state index contributed by atoms with van der Waals surface area (Å²) in [5, 5.41) is 2.31. The zero-order chi connectivity index (χ0) is 11.3. The predicted molar refractivity (Wildman–Crippen MR) is 66.8 cm³/mol. The minimum atomic E-state index is 0.117. The fourth-order valence-electron chi connectivity index (χ4n) is 2.38. The van der Waals surface area contributed by atoms with E-state index in [4.69, 9.17) is 0 Å². The molecule has 0 saturated carbocycles. The average Bonchev–Trinajstić information content (AvgIpc) is 2.29. The molecule has 16 heavy (non-hydrogen) atoms. The van der Waals surface area contributed by atoms with E-state index in [-0.39, 0.29) is 5.78 Å². The van der Waals surface area contributed by atoms with Crippen LogP contribution in [0.15, 0.2) is 30.3 Å². The highest BCUT2D eigenvalue weighted by atomic mass is 16.1. The summed E-state index contributed by atoms with van der Waals surface area (Å²) in [6.07, 6.45) is 3.57. The van der Waals surface area contributed by atoms with Gasteiger partial charge in [0.15, 0.2) is 5.78 Å². The Morgan fingerprint density at radius 3 is 2.69 bits per heavy atom. The van der Waals surface area contributed by atoms with Gasteiger partial charge >= 0.3 is 0 Å². The lowest BCUT2D eigenvalue weighted by molar-refractivity contribution is 0.104. The third-order valence-electron chi connectivity index (χ3n) is 3.40. The Kier molecular flexibility index (Phi) is 1.78. The number of allylic oxidation sites excluding steroid dienone is 1. The van der Waals surface area contributed by atoms with Gasteiger partial charge in [0.05, 0.1) is 0 Å². The van der Waals surface area contributed by atoms with Gasteiger partial charge in [-0.2, -0.15) is 0 Å². The summed E-state index contributed by atoms with van der Waals surface area (Å²) in [5.74, 6) is 0.117. The summed E-state index contributed by atoms with van der Waals surface area (Å²) in [6.45, 7) is 4.17. The van der Waals surface area contributed by atoms with Crippen molar-refractivity contribution in [1.29, 1.82) is 0 Å². The fourth-order valence-corrected chi connectivity index (χ4v) is 2.38. The second-order valence-corrected chi connectivity index (χ2v) is 4.33. The molecule has 0 heterocycles. The van der Waals surface area contributed by atoms with E-state index < -0.39 is 0 Å². The SMILES string of the molecule is Cc1cc2c3c(cccc3c1C)C=CC2=O. The first-order chi connectivity index (χ1) is 7.68. The lowest BCUT2D eigenvalue weighted by Gasteiger charge is -2.15. The number of ketones is 1. The van der Waals surface area contributed by atoms with E-state index in [2.05, 4.69) is 26.0 Å². The van der Waals surface area contributed by atoms with Gasteiger partial charge in [-0.3, -0.25) is 4.79 Å². The number of rotatable bonds is 0. The van der Waals surface area contributed by atoms with E-state index in [1.54, 1.807) is 6.08 Å². The molecule has 0 atom stereocenters. The van der Waals surface area contributed by atoms with Crippen molar-refractivity contribution in [2.45, 2.75) is 13.8 Å². The number of hydrogen-bond donors (Lipinski definition) is 0. The van der Waals surface area contributed by atoms with Gasteiger partial charge < -0.3 is 0 Å². The second-order valence-electron chi connectivity index (χ2n) is 4.33. The van der Waals surface area contributed by atoms with Crippen molar-refractivity contribution >= 4 is 22.6 Å². The maximum atomic E-state index is 11.8. The molecule has 0 aromatic heterocycles. The molecule has 0 amide bonds. The molecule has 1 aliphatic carbocycles. The second kappa shape index (κ2) is 3.05. The number of carbonyl (C=O) groups is 1. The van der Waals surface area contributed by atoms with Gasteiger partial charge in [-0.1, -0.05) is 24.3 Å². The molecule has 0 fully saturated rings. The van der Waals surface area contributed by atoms with Crippen LogP contribution in [0.5, 0.6) is 0 Å². The molecule has 78 valence electrons. The minimum absolute atomic E-state index is 0.117. The Balaban J connectivity index is 2.60. The molecule has 0 saturated heterocycles. The molecule has 3 rings (SSSR count). The lowest BCUT2D eigenvalue weighted by atomic mass is 9.88. The summed E-state index contributed by atoms with van der Waals surface area (Å²) in [7, 11) is 0. The molecule has 1 nitrogen and oxygen atoms in total. The molecule has 0 unspecified atom stereocenters. The summed E-state index contributed by atoms with van der Waals surface area (Å²) in [4.78, 5) is 11.8. The van der Waals surface area contributed by atoms with Crippen LogP contribution in [0.2, 0.25) is 0 Å². The van der Waals surface area contributed by atoms with E-state index >= 15 is 0 Å². The van der Waals surface area contributed by atoms with Crippen molar-refractivity contribution in [3.05, 3.63) is 52.6 Å². The Hall–Kier alpha value is -1.89.